The van der Waals surface area contributed by atoms with Crippen LogP contribution in [0.15, 0.2) is 30.3 Å². The Kier molecular flexibility index (Phi) is 5.36. The Hall–Kier alpha value is -1.68. The summed E-state index contributed by atoms with van der Waals surface area (Å²) in [4.78, 5) is 22.5. The number of hydrogen-bond acceptors (Lipinski definition) is 3. The molecular weight excluding hydrogens is 216 g/mol. The largest absolute Gasteiger partial charge is 0.348 e. The first-order valence-electron chi connectivity index (χ1n) is 5.62. The number of likely N-dealkylation sites (N-methyl/N-ethyl adjacent to an activating group) is 1. The minimum atomic E-state index is -0.309. The van der Waals surface area contributed by atoms with E-state index in [1.807, 2.05) is 30.3 Å². The monoisotopic (exact) mass is 234 g/mol. The van der Waals surface area contributed by atoms with Crippen LogP contribution in [0.25, 0.3) is 0 Å². The molecule has 1 unspecified atom stereocenters. The van der Waals surface area contributed by atoms with Crippen LogP contribution in [0.3, 0.4) is 0 Å². The summed E-state index contributed by atoms with van der Waals surface area (Å²) >= 11 is 0. The van der Waals surface area contributed by atoms with Crippen LogP contribution in [0.1, 0.15) is 12.5 Å². The number of carbonyl (C=O) groups excluding carboxylic acids is 2. The van der Waals surface area contributed by atoms with Crippen LogP contribution in [0.2, 0.25) is 0 Å². The Labute approximate surface area is 101 Å². The normalized spacial score (nSPS) is 11.9. The van der Waals surface area contributed by atoms with E-state index in [0.717, 1.165) is 5.56 Å². The van der Waals surface area contributed by atoms with E-state index in [0.29, 0.717) is 6.42 Å². The summed E-state index contributed by atoms with van der Waals surface area (Å²) in [6.45, 7) is 1.54. The van der Waals surface area contributed by atoms with Gasteiger partial charge in [-0.1, -0.05) is 30.3 Å². The van der Waals surface area contributed by atoms with E-state index in [4.69, 9.17) is 0 Å². The maximum Gasteiger partial charge on any atom is 0.237 e. The highest BCUT2D eigenvalue weighted by molar-refractivity contribution is 5.87. The summed E-state index contributed by atoms with van der Waals surface area (Å²) in [5, 5.41) is 5.55. The third kappa shape index (κ3) is 4.78. The Morgan fingerprint density at radius 2 is 1.88 bits per heavy atom. The van der Waals surface area contributed by atoms with E-state index in [-0.39, 0.29) is 24.3 Å². The second-order valence-corrected chi connectivity index (χ2v) is 3.95. The molecular formula is C13H18N2O2. The summed E-state index contributed by atoms with van der Waals surface area (Å²) in [6.07, 6.45) is 0.612. The van der Waals surface area contributed by atoms with Gasteiger partial charge in [-0.15, -0.1) is 0 Å². The lowest BCUT2D eigenvalue weighted by atomic mass is 10.1. The zero-order valence-corrected chi connectivity index (χ0v) is 10.2. The van der Waals surface area contributed by atoms with Crippen molar-refractivity contribution in [1.82, 2.24) is 10.6 Å². The third-order valence-corrected chi connectivity index (χ3v) is 2.46. The van der Waals surface area contributed by atoms with E-state index in [9.17, 15) is 9.59 Å². The van der Waals surface area contributed by atoms with E-state index in [2.05, 4.69) is 10.6 Å². The van der Waals surface area contributed by atoms with Gasteiger partial charge in [-0.25, -0.2) is 0 Å². The van der Waals surface area contributed by atoms with Crippen LogP contribution < -0.4 is 10.6 Å². The van der Waals surface area contributed by atoms with Gasteiger partial charge in [0.2, 0.25) is 5.91 Å². The van der Waals surface area contributed by atoms with Crippen molar-refractivity contribution in [3.8, 4) is 0 Å². The molecule has 0 aliphatic rings. The molecule has 0 heterocycles. The molecule has 1 aromatic carbocycles. The van der Waals surface area contributed by atoms with Crippen molar-refractivity contribution in [2.45, 2.75) is 19.4 Å². The van der Waals surface area contributed by atoms with Gasteiger partial charge < -0.3 is 10.6 Å². The Balaban J connectivity index is 2.53. The molecule has 0 spiro atoms. The summed E-state index contributed by atoms with van der Waals surface area (Å²) in [6, 6.07) is 9.46. The lowest BCUT2D eigenvalue weighted by Gasteiger charge is -2.15. The molecule has 0 saturated carbocycles. The fourth-order valence-corrected chi connectivity index (χ4v) is 1.51. The summed E-state index contributed by atoms with van der Waals surface area (Å²) < 4.78 is 0. The van der Waals surface area contributed by atoms with Gasteiger partial charge in [-0.3, -0.25) is 9.59 Å². The zero-order valence-electron chi connectivity index (χ0n) is 10.2. The summed E-state index contributed by atoms with van der Waals surface area (Å²) in [5.41, 5.74) is 1.09. The molecule has 0 aromatic heterocycles. The average Bonchev–Trinajstić information content (AvgIpc) is 2.34. The van der Waals surface area contributed by atoms with Gasteiger partial charge in [-0.05, 0) is 26.0 Å². The van der Waals surface area contributed by atoms with Gasteiger partial charge in [0.15, 0.2) is 0 Å². The number of ketones is 1. The van der Waals surface area contributed by atoms with Gasteiger partial charge in [0.1, 0.15) is 5.78 Å². The first-order chi connectivity index (χ1) is 8.13. The van der Waals surface area contributed by atoms with Crippen molar-refractivity contribution in [2.24, 2.45) is 0 Å². The molecule has 0 aliphatic heterocycles. The lowest BCUT2D eigenvalue weighted by molar-refractivity contribution is -0.125. The topological polar surface area (TPSA) is 58.2 Å². The zero-order chi connectivity index (χ0) is 12.7. The van der Waals surface area contributed by atoms with Crippen LogP contribution in [0, 0.1) is 0 Å². The molecule has 92 valence electrons. The molecule has 1 amide bonds. The molecule has 17 heavy (non-hydrogen) atoms. The second-order valence-electron chi connectivity index (χ2n) is 3.95. The maximum absolute atomic E-state index is 11.8. The molecule has 0 saturated heterocycles. The Bertz CT molecular complexity index is 376. The summed E-state index contributed by atoms with van der Waals surface area (Å²) in [5.74, 6) is -0.195. The van der Waals surface area contributed by atoms with Crippen LogP contribution in [-0.2, 0) is 16.0 Å². The van der Waals surface area contributed by atoms with Crippen LogP contribution in [0.4, 0.5) is 0 Å². The van der Waals surface area contributed by atoms with E-state index in [1.54, 1.807) is 7.05 Å². The number of carbonyl (C=O) groups is 2. The molecule has 0 aliphatic carbocycles. The van der Waals surface area contributed by atoms with Crippen molar-refractivity contribution < 1.29 is 9.59 Å². The molecule has 0 radical (unpaired) electrons. The van der Waals surface area contributed by atoms with Crippen molar-refractivity contribution in [1.29, 1.82) is 0 Å². The maximum atomic E-state index is 11.8. The van der Waals surface area contributed by atoms with E-state index in [1.165, 1.54) is 6.92 Å². The highest BCUT2D eigenvalue weighted by Gasteiger charge is 2.16. The predicted octanol–water partition coefficient (Wildman–Crippen LogP) is 0.522. The molecule has 4 heteroatoms. The van der Waals surface area contributed by atoms with Gasteiger partial charge >= 0.3 is 0 Å². The molecule has 1 aromatic rings. The lowest BCUT2D eigenvalue weighted by Crippen LogP contribution is -2.45. The number of benzene rings is 1. The SMILES string of the molecule is CNC(Cc1ccccc1)C(=O)NCC(C)=O. The quantitative estimate of drug-likeness (QED) is 0.754. The highest BCUT2D eigenvalue weighted by atomic mass is 16.2. The first kappa shape index (κ1) is 13.4. The van der Waals surface area contributed by atoms with Crippen LogP contribution >= 0.6 is 0 Å². The number of amides is 1. The van der Waals surface area contributed by atoms with Gasteiger partial charge in [0.25, 0.3) is 0 Å². The van der Waals surface area contributed by atoms with Crippen molar-refractivity contribution in [3.05, 3.63) is 35.9 Å². The smallest absolute Gasteiger partial charge is 0.237 e. The van der Waals surface area contributed by atoms with Crippen LogP contribution in [-0.4, -0.2) is 31.3 Å². The fourth-order valence-electron chi connectivity index (χ4n) is 1.51. The number of Topliss-reactive ketones (excluding diaryl/α,β-unsaturated/α-hetero) is 1. The minimum absolute atomic E-state index is 0.0482. The van der Waals surface area contributed by atoms with Gasteiger partial charge in [-0.2, -0.15) is 0 Å². The standard InChI is InChI=1S/C13H18N2O2/c1-10(16)9-15-13(17)12(14-2)8-11-6-4-3-5-7-11/h3-7,12,14H,8-9H2,1-2H3,(H,15,17). The molecule has 0 fully saturated rings. The van der Waals surface area contributed by atoms with Crippen molar-refractivity contribution in [2.75, 3.05) is 13.6 Å². The third-order valence-electron chi connectivity index (χ3n) is 2.46. The van der Waals surface area contributed by atoms with Crippen LogP contribution in [0.5, 0.6) is 0 Å². The number of nitrogens with one attached hydrogen (secondary N) is 2. The Morgan fingerprint density at radius 3 is 2.41 bits per heavy atom. The first-order valence-corrected chi connectivity index (χ1v) is 5.62. The second kappa shape index (κ2) is 6.81. The molecule has 0 bridgehead atoms. The predicted molar refractivity (Wildman–Crippen MR) is 66.7 cm³/mol. The minimum Gasteiger partial charge on any atom is -0.348 e. The fraction of sp³-hybridized carbons (Fsp3) is 0.385. The van der Waals surface area contributed by atoms with Gasteiger partial charge in [0, 0.05) is 0 Å². The average molecular weight is 234 g/mol. The van der Waals surface area contributed by atoms with Gasteiger partial charge in [0.05, 0.1) is 12.6 Å². The Morgan fingerprint density at radius 1 is 1.24 bits per heavy atom. The number of rotatable bonds is 6. The number of hydrogen-bond donors (Lipinski definition) is 2. The van der Waals surface area contributed by atoms with Crippen molar-refractivity contribution in [3.63, 3.8) is 0 Å². The molecule has 2 N–H and O–H groups in total. The molecule has 1 rings (SSSR count). The van der Waals surface area contributed by atoms with Crippen molar-refractivity contribution >= 4 is 11.7 Å². The van der Waals surface area contributed by atoms with E-state index < -0.39 is 0 Å². The molecule has 4 nitrogen and oxygen atoms in total. The molecule has 1 atom stereocenters. The van der Waals surface area contributed by atoms with E-state index >= 15 is 0 Å². The highest BCUT2D eigenvalue weighted by Crippen LogP contribution is 2.02. The summed E-state index contributed by atoms with van der Waals surface area (Å²) in [7, 11) is 1.74.